The third kappa shape index (κ3) is 5.07. The highest BCUT2D eigenvalue weighted by atomic mass is 32.2. The van der Waals surface area contributed by atoms with Crippen molar-refractivity contribution in [2.75, 3.05) is 4.72 Å². The van der Waals surface area contributed by atoms with Crippen molar-refractivity contribution in [2.24, 2.45) is 0 Å². The van der Waals surface area contributed by atoms with Crippen molar-refractivity contribution in [3.63, 3.8) is 0 Å². The highest BCUT2D eigenvalue weighted by Gasteiger charge is 2.27. The maximum absolute atomic E-state index is 13.0. The zero-order valence-electron chi connectivity index (χ0n) is 15.0. The Kier molecular flexibility index (Phi) is 5.64. The van der Waals surface area contributed by atoms with E-state index < -0.39 is 33.8 Å². The Balaban J connectivity index is 1.70. The number of carbonyl (C=O) groups excluding carboxylic acids is 2. The van der Waals surface area contributed by atoms with Crippen molar-refractivity contribution in [2.45, 2.75) is 36.8 Å². The lowest BCUT2D eigenvalue weighted by Crippen LogP contribution is -2.37. The second-order valence-electron chi connectivity index (χ2n) is 6.47. The fraction of sp³-hybridized carbons (Fsp3) is 0.263. The molecule has 0 aliphatic heterocycles. The molecule has 0 aromatic heterocycles. The number of rotatable bonds is 7. The molecule has 0 heterocycles. The number of esters is 1. The quantitative estimate of drug-likeness (QED) is 0.688. The van der Waals surface area contributed by atoms with E-state index in [1.165, 1.54) is 37.3 Å². The van der Waals surface area contributed by atoms with Crippen molar-refractivity contribution in [1.82, 2.24) is 5.32 Å². The second-order valence-corrected chi connectivity index (χ2v) is 8.15. The van der Waals surface area contributed by atoms with E-state index in [1.54, 1.807) is 0 Å². The number of nitrogens with one attached hydrogen (secondary N) is 2. The van der Waals surface area contributed by atoms with Crippen LogP contribution in [-0.2, 0) is 19.6 Å². The molecule has 0 unspecified atom stereocenters. The number of halogens is 1. The van der Waals surface area contributed by atoms with Crippen LogP contribution in [0.3, 0.4) is 0 Å². The minimum Gasteiger partial charge on any atom is -0.449 e. The van der Waals surface area contributed by atoms with Crippen molar-refractivity contribution in [1.29, 1.82) is 0 Å². The van der Waals surface area contributed by atoms with E-state index in [2.05, 4.69) is 10.0 Å². The summed E-state index contributed by atoms with van der Waals surface area (Å²) >= 11 is 0. The van der Waals surface area contributed by atoms with E-state index in [9.17, 15) is 22.4 Å². The highest BCUT2D eigenvalue weighted by molar-refractivity contribution is 7.92. The Hall–Kier alpha value is -2.94. The van der Waals surface area contributed by atoms with Crippen LogP contribution in [0.1, 0.15) is 30.1 Å². The number of hydrogen-bond acceptors (Lipinski definition) is 5. The average Bonchev–Trinajstić information content (AvgIpc) is 3.47. The van der Waals surface area contributed by atoms with Gasteiger partial charge in [0.2, 0.25) is 0 Å². The summed E-state index contributed by atoms with van der Waals surface area (Å²) in [6.45, 7) is 1.45. The van der Waals surface area contributed by atoms with Gasteiger partial charge in [0.15, 0.2) is 6.10 Å². The number of ether oxygens (including phenoxy) is 1. The van der Waals surface area contributed by atoms with Gasteiger partial charge < -0.3 is 10.1 Å². The number of benzene rings is 2. The Labute approximate surface area is 161 Å². The lowest BCUT2D eigenvalue weighted by atomic mass is 10.2. The molecule has 0 bridgehead atoms. The first kappa shape index (κ1) is 19.8. The molecule has 1 amide bonds. The van der Waals surface area contributed by atoms with Gasteiger partial charge >= 0.3 is 5.97 Å². The Morgan fingerprint density at radius 2 is 1.82 bits per heavy atom. The van der Waals surface area contributed by atoms with Gasteiger partial charge in [-0.2, -0.15) is 0 Å². The zero-order valence-corrected chi connectivity index (χ0v) is 15.8. The summed E-state index contributed by atoms with van der Waals surface area (Å²) in [7, 11) is -3.99. The smallest absolute Gasteiger partial charge is 0.338 e. The molecular formula is C19H19FN2O5S. The maximum Gasteiger partial charge on any atom is 0.338 e. The van der Waals surface area contributed by atoms with Gasteiger partial charge in [-0.15, -0.1) is 0 Å². The third-order valence-electron chi connectivity index (χ3n) is 4.05. The molecule has 2 N–H and O–H groups in total. The SMILES string of the molecule is C[C@H](OC(=O)c1cccc(S(=O)(=O)Nc2ccc(F)cc2)c1)C(=O)NC1CC1. The van der Waals surface area contributed by atoms with Crippen LogP contribution < -0.4 is 10.0 Å². The molecule has 148 valence electrons. The predicted octanol–water partition coefficient (Wildman–Crippen LogP) is 2.45. The van der Waals surface area contributed by atoms with Crippen molar-refractivity contribution >= 4 is 27.6 Å². The molecule has 2 aromatic carbocycles. The maximum atomic E-state index is 13.0. The van der Waals surface area contributed by atoms with E-state index >= 15 is 0 Å². The molecule has 1 aliphatic rings. The number of hydrogen-bond donors (Lipinski definition) is 2. The summed E-state index contributed by atoms with van der Waals surface area (Å²) in [6.07, 6.45) is 0.825. The Bertz CT molecular complexity index is 988. The third-order valence-corrected chi connectivity index (χ3v) is 5.43. The minimum atomic E-state index is -3.99. The molecule has 1 fully saturated rings. The van der Waals surface area contributed by atoms with E-state index in [1.807, 2.05) is 0 Å². The van der Waals surface area contributed by atoms with E-state index in [0.29, 0.717) is 0 Å². The van der Waals surface area contributed by atoms with Crippen LogP contribution in [0.25, 0.3) is 0 Å². The molecule has 0 radical (unpaired) electrons. The molecule has 0 spiro atoms. The largest absolute Gasteiger partial charge is 0.449 e. The molecule has 3 rings (SSSR count). The van der Waals surface area contributed by atoms with Gasteiger partial charge in [-0.3, -0.25) is 9.52 Å². The normalized spacial score (nSPS) is 14.8. The standard InChI is InChI=1S/C19H19FN2O5S/c1-12(18(23)21-15-9-10-15)27-19(24)13-3-2-4-17(11-13)28(25,26)22-16-7-5-14(20)6-8-16/h2-8,11-12,15,22H,9-10H2,1H3,(H,21,23)/t12-/m0/s1. The summed E-state index contributed by atoms with van der Waals surface area (Å²) in [5, 5.41) is 2.73. The van der Waals surface area contributed by atoms with Gasteiger partial charge in [0, 0.05) is 11.7 Å². The molecule has 0 saturated heterocycles. The second kappa shape index (κ2) is 7.97. The van der Waals surface area contributed by atoms with Crippen LogP contribution in [0.2, 0.25) is 0 Å². The first-order valence-corrected chi connectivity index (χ1v) is 10.1. The number of anilines is 1. The summed E-state index contributed by atoms with van der Waals surface area (Å²) in [5.41, 5.74) is 0.174. The highest BCUT2D eigenvalue weighted by Crippen LogP contribution is 2.20. The molecule has 7 nitrogen and oxygen atoms in total. The van der Waals surface area contributed by atoms with Crippen LogP contribution in [0, 0.1) is 5.82 Å². The Morgan fingerprint density at radius 3 is 2.46 bits per heavy atom. The lowest BCUT2D eigenvalue weighted by Gasteiger charge is -2.14. The zero-order chi connectivity index (χ0) is 20.3. The molecule has 28 heavy (non-hydrogen) atoms. The molecule has 1 aliphatic carbocycles. The summed E-state index contributed by atoms with van der Waals surface area (Å²) in [6, 6.07) is 10.2. The van der Waals surface area contributed by atoms with Crippen molar-refractivity contribution in [3.05, 3.63) is 59.9 Å². The number of sulfonamides is 1. The minimum absolute atomic E-state index is 0.00643. The molecule has 9 heteroatoms. The van der Waals surface area contributed by atoms with Crippen LogP contribution in [0.4, 0.5) is 10.1 Å². The van der Waals surface area contributed by atoms with Crippen molar-refractivity contribution < 1.29 is 27.1 Å². The van der Waals surface area contributed by atoms with E-state index in [0.717, 1.165) is 31.0 Å². The predicted molar refractivity (Wildman–Crippen MR) is 99.7 cm³/mol. The fourth-order valence-electron chi connectivity index (χ4n) is 2.35. The Morgan fingerprint density at radius 1 is 1.14 bits per heavy atom. The topological polar surface area (TPSA) is 102 Å². The summed E-state index contributed by atoms with van der Waals surface area (Å²) in [4.78, 5) is 24.0. The monoisotopic (exact) mass is 406 g/mol. The first-order chi connectivity index (χ1) is 13.2. The fourth-order valence-corrected chi connectivity index (χ4v) is 3.45. The molecule has 1 atom stereocenters. The molecule has 1 saturated carbocycles. The van der Waals surface area contributed by atoms with Crippen LogP contribution in [0.5, 0.6) is 0 Å². The molecular weight excluding hydrogens is 387 g/mol. The first-order valence-electron chi connectivity index (χ1n) is 8.64. The van der Waals surface area contributed by atoms with Gasteiger partial charge in [-0.05, 0) is 62.2 Å². The van der Waals surface area contributed by atoms with E-state index in [-0.39, 0.29) is 22.2 Å². The van der Waals surface area contributed by atoms with Crippen LogP contribution in [-0.4, -0.2) is 32.4 Å². The van der Waals surface area contributed by atoms with Crippen molar-refractivity contribution in [3.8, 4) is 0 Å². The van der Waals surface area contributed by atoms with Gasteiger partial charge in [-0.1, -0.05) is 6.07 Å². The van der Waals surface area contributed by atoms with Gasteiger partial charge in [-0.25, -0.2) is 17.6 Å². The van der Waals surface area contributed by atoms with Crippen LogP contribution in [0.15, 0.2) is 53.4 Å². The molecule has 2 aromatic rings. The number of amides is 1. The van der Waals surface area contributed by atoms with Crippen LogP contribution >= 0.6 is 0 Å². The van der Waals surface area contributed by atoms with Gasteiger partial charge in [0.25, 0.3) is 15.9 Å². The summed E-state index contributed by atoms with van der Waals surface area (Å²) in [5.74, 6) is -1.69. The van der Waals surface area contributed by atoms with E-state index in [4.69, 9.17) is 4.74 Å². The van der Waals surface area contributed by atoms with Gasteiger partial charge in [0.05, 0.1) is 10.5 Å². The van der Waals surface area contributed by atoms with Gasteiger partial charge in [0.1, 0.15) is 5.82 Å². The summed E-state index contributed by atoms with van der Waals surface area (Å²) < 4.78 is 45.4. The lowest BCUT2D eigenvalue weighted by molar-refractivity contribution is -0.129. The number of carbonyl (C=O) groups is 2. The average molecular weight is 406 g/mol.